The molecule has 1 aliphatic heterocycles. The van der Waals surface area contributed by atoms with Gasteiger partial charge in [0.15, 0.2) is 0 Å². The highest BCUT2D eigenvalue weighted by Gasteiger charge is 2.28. The Labute approximate surface area is 127 Å². The second kappa shape index (κ2) is 5.99. The Morgan fingerprint density at radius 1 is 1.48 bits per heavy atom. The van der Waals surface area contributed by atoms with Gasteiger partial charge >= 0.3 is 0 Å². The minimum atomic E-state index is -0.0995. The molecule has 1 atom stereocenters. The number of aliphatic hydroxyl groups is 1. The Hall–Kier alpha value is -1.66. The average molecular weight is 305 g/mol. The summed E-state index contributed by atoms with van der Waals surface area (Å²) in [6.07, 6.45) is 5.67. The molecule has 3 N–H and O–H groups in total. The number of carbonyl (C=O) groups is 1. The maximum Gasteiger partial charge on any atom is 0.266 e. The second-order valence-electron chi connectivity index (χ2n) is 5.38. The fourth-order valence-electron chi connectivity index (χ4n) is 2.87. The van der Waals surface area contributed by atoms with E-state index in [-0.39, 0.29) is 18.6 Å². The van der Waals surface area contributed by atoms with Crippen molar-refractivity contribution in [2.75, 3.05) is 18.9 Å². The minimum absolute atomic E-state index is 0.00872. The number of hydrogen-bond donors (Lipinski definition) is 2. The van der Waals surface area contributed by atoms with E-state index in [1.54, 1.807) is 11.1 Å². The van der Waals surface area contributed by atoms with E-state index in [4.69, 9.17) is 5.73 Å². The highest BCUT2D eigenvalue weighted by atomic mass is 32.1. The van der Waals surface area contributed by atoms with E-state index in [1.165, 1.54) is 11.3 Å². The van der Waals surface area contributed by atoms with Crippen LogP contribution >= 0.6 is 11.3 Å². The molecular formula is C15H19N3O2S. The summed E-state index contributed by atoms with van der Waals surface area (Å²) in [5.41, 5.74) is 7.27. The molecule has 1 unspecified atom stereocenters. The Morgan fingerprint density at radius 2 is 2.33 bits per heavy atom. The number of likely N-dealkylation sites (tertiary alicyclic amines) is 1. The summed E-state index contributed by atoms with van der Waals surface area (Å²) in [4.78, 5) is 19.4. The fourth-order valence-corrected chi connectivity index (χ4v) is 3.91. The molecule has 3 rings (SSSR count). The molecule has 0 aromatic carbocycles. The molecule has 6 heteroatoms. The topological polar surface area (TPSA) is 79.5 Å². The molecule has 0 bridgehead atoms. The zero-order chi connectivity index (χ0) is 14.8. The number of nitrogen functional groups attached to an aromatic ring is 1. The number of pyridine rings is 1. The Kier molecular flexibility index (Phi) is 4.07. The van der Waals surface area contributed by atoms with Gasteiger partial charge in [0, 0.05) is 12.7 Å². The van der Waals surface area contributed by atoms with Crippen molar-refractivity contribution in [3.05, 3.63) is 23.2 Å². The van der Waals surface area contributed by atoms with Crippen LogP contribution in [0.25, 0.3) is 10.2 Å². The number of amides is 1. The van der Waals surface area contributed by atoms with E-state index in [1.807, 2.05) is 12.1 Å². The normalized spacial score (nSPS) is 19.7. The van der Waals surface area contributed by atoms with Crippen LogP contribution in [-0.2, 0) is 0 Å². The molecule has 3 heterocycles. The number of carbonyl (C=O) groups excluding carboxylic acids is 1. The van der Waals surface area contributed by atoms with Crippen LogP contribution in [0, 0.1) is 0 Å². The van der Waals surface area contributed by atoms with Gasteiger partial charge in [-0.1, -0.05) is 12.8 Å². The van der Waals surface area contributed by atoms with E-state index >= 15 is 0 Å². The number of aromatic nitrogens is 1. The van der Waals surface area contributed by atoms with Crippen molar-refractivity contribution in [1.82, 2.24) is 9.88 Å². The van der Waals surface area contributed by atoms with Crippen molar-refractivity contribution >= 4 is 33.1 Å². The van der Waals surface area contributed by atoms with Crippen molar-refractivity contribution in [2.24, 2.45) is 0 Å². The Bertz CT molecular complexity index is 655. The van der Waals surface area contributed by atoms with Crippen LogP contribution in [-0.4, -0.2) is 40.1 Å². The highest BCUT2D eigenvalue weighted by molar-refractivity contribution is 7.21. The zero-order valence-electron chi connectivity index (χ0n) is 11.8. The molecule has 0 aliphatic carbocycles. The van der Waals surface area contributed by atoms with Crippen LogP contribution in [0.5, 0.6) is 0 Å². The maximum atomic E-state index is 12.8. The van der Waals surface area contributed by atoms with Crippen molar-refractivity contribution in [3.63, 3.8) is 0 Å². The number of fused-ring (bicyclic) bond motifs is 1. The van der Waals surface area contributed by atoms with Crippen molar-refractivity contribution in [2.45, 2.75) is 31.7 Å². The predicted molar refractivity (Wildman–Crippen MR) is 84.4 cm³/mol. The fraction of sp³-hybridized carbons (Fsp3) is 0.467. The Balaban J connectivity index is 1.96. The molecular weight excluding hydrogens is 286 g/mol. The SMILES string of the molecule is Nc1c(C(=O)N2CCCCCC2CO)sc2cccnc12. The van der Waals surface area contributed by atoms with Crippen LogP contribution in [0.15, 0.2) is 18.3 Å². The maximum absolute atomic E-state index is 12.8. The van der Waals surface area contributed by atoms with Gasteiger partial charge < -0.3 is 15.7 Å². The summed E-state index contributed by atoms with van der Waals surface area (Å²) in [5, 5.41) is 9.56. The van der Waals surface area contributed by atoms with Gasteiger partial charge in [0.1, 0.15) is 10.4 Å². The lowest BCUT2D eigenvalue weighted by Gasteiger charge is -2.28. The highest BCUT2D eigenvalue weighted by Crippen LogP contribution is 2.33. The number of thiophene rings is 1. The Morgan fingerprint density at radius 3 is 3.10 bits per heavy atom. The van der Waals surface area contributed by atoms with E-state index in [2.05, 4.69) is 4.98 Å². The van der Waals surface area contributed by atoms with Crippen LogP contribution in [0.2, 0.25) is 0 Å². The summed E-state index contributed by atoms with van der Waals surface area (Å²) in [6, 6.07) is 3.67. The molecule has 2 aromatic rings. The molecule has 1 aliphatic rings. The van der Waals surface area contributed by atoms with Crippen molar-refractivity contribution in [1.29, 1.82) is 0 Å². The van der Waals surface area contributed by atoms with Gasteiger partial charge in [0.05, 0.1) is 23.0 Å². The molecule has 1 saturated heterocycles. The third-order valence-corrected chi connectivity index (χ3v) is 5.17. The van der Waals surface area contributed by atoms with E-state index in [0.29, 0.717) is 22.6 Å². The molecule has 0 spiro atoms. The molecule has 0 radical (unpaired) electrons. The van der Waals surface area contributed by atoms with Gasteiger partial charge in [-0.15, -0.1) is 11.3 Å². The largest absolute Gasteiger partial charge is 0.396 e. The van der Waals surface area contributed by atoms with Gasteiger partial charge in [-0.2, -0.15) is 0 Å². The van der Waals surface area contributed by atoms with E-state index < -0.39 is 0 Å². The van der Waals surface area contributed by atoms with Crippen LogP contribution in [0.1, 0.15) is 35.4 Å². The van der Waals surface area contributed by atoms with Crippen molar-refractivity contribution < 1.29 is 9.90 Å². The number of rotatable bonds is 2. The molecule has 1 fully saturated rings. The lowest BCUT2D eigenvalue weighted by molar-refractivity contribution is 0.0605. The third kappa shape index (κ3) is 2.61. The number of aliphatic hydroxyl groups excluding tert-OH is 1. The molecule has 1 amide bonds. The summed E-state index contributed by atoms with van der Waals surface area (Å²) in [5.74, 6) is -0.0727. The van der Waals surface area contributed by atoms with Crippen molar-refractivity contribution in [3.8, 4) is 0 Å². The number of nitrogens with zero attached hydrogens (tertiary/aromatic N) is 2. The minimum Gasteiger partial charge on any atom is -0.396 e. The lowest BCUT2D eigenvalue weighted by Crippen LogP contribution is -2.42. The first-order valence-electron chi connectivity index (χ1n) is 7.27. The van der Waals surface area contributed by atoms with Crippen LogP contribution in [0.3, 0.4) is 0 Å². The zero-order valence-corrected chi connectivity index (χ0v) is 12.6. The number of anilines is 1. The molecule has 21 heavy (non-hydrogen) atoms. The summed E-state index contributed by atoms with van der Waals surface area (Å²) >= 11 is 1.38. The predicted octanol–water partition coefficient (Wildman–Crippen LogP) is 2.26. The van der Waals surface area contributed by atoms with Gasteiger partial charge in [0.25, 0.3) is 5.91 Å². The number of nitrogens with two attached hydrogens (primary N) is 1. The average Bonchev–Trinajstić information content (AvgIpc) is 2.71. The van der Waals surface area contributed by atoms with Gasteiger partial charge in [-0.05, 0) is 25.0 Å². The summed E-state index contributed by atoms with van der Waals surface area (Å²) in [6.45, 7) is 0.694. The molecule has 0 saturated carbocycles. The van der Waals surface area contributed by atoms with Gasteiger partial charge in [-0.25, -0.2) is 0 Å². The number of hydrogen-bond acceptors (Lipinski definition) is 5. The molecule has 112 valence electrons. The first kappa shape index (κ1) is 14.3. The first-order chi connectivity index (χ1) is 10.2. The van der Waals surface area contributed by atoms with Crippen LogP contribution < -0.4 is 5.73 Å². The smallest absolute Gasteiger partial charge is 0.266 e. The van der Waals surface area contributed by atoms with Gasteiger partial charge in [0.2, 0.25) is 0 Å². The van der Waals surface area contributed by atoms with Gasteiger partial charge in [-0.3, -0.25) is 9.78 Å². The quantitative estimate of drug-likeness (QED) is 0.892. The standard InChI is InChI=1S/C15H19N3O2S/c16-12-13-11(6-4-7-17-13)21-14(12)15(20)18-8-3-1-2-5-10(18)9-19/h4,6-7,10,19H,1-3,5,8-9,16H2. The monoisotopic (exact) mass is 305 g/mol. The van der Waals surface area contributed by atoms with E-state index in [0.717, 1.165) is 30.4 Å². The first-order valence-corrected chi connectivity index (χ1v) is 8.09. The second-order valence-corrected chi connectivity index (χ2v) is 6.43. The third-order valence-electron chi connectivity index (χ3n) is 4.03. The van der Waals surface area contributed by atoms with Crippen LogP contribution in [0.4, 0.5) is 5.69 Å². The molecule has 5 nitrogen and oxygen atoms in total. The molecule has 2 aromatic heterocycles. The van der Waals surface area contributed by atoms with E-state index in [9.17, 15) is 9.90 Å². The summed E-state index contributed by atoms with van der Waals surface area (Å²) < 4.78 is 0.925. The summed E-state index contributed by atoms with van der Waals surface area (Å²) in [7, 11) is 0. The lowest BCUT2D eigenvalue weighted by atomic mass is 10.1.